The quantitative estimate of drug-likeness (QED) is 0.277. The number of carbonyl (C=O) groups is 2. The van der Waals surface area contributed by atoms with Gasteiger partial charge >= 0.3 is 11.7 Å². The smallest absolute Gasteiger partial charge is 0.339 e. The highest BCUT2D eigenvalue weighted by molar-refractivity contribution is 6.11. The van der Waals surface area contributed by atoms with Crippen LogP contribution in [-0.4, -0.2) is 34.4 Å². The molecule has 0 fully saturated rings. The first kappa shape index (κ1) is 20.1. The highest BCUT2D eigenvalue weighted by Crippen LogP contribution is 2.29. The predicted octanol–water partition coefficient (Wildman–Crippen LogP) is 4.21. The van der Waals surface area contributed by atoms with Crippen molar-refractivity contribution in [2.75, 3.05) is 6.61 Å². The number of aromatic amines is 1. The van der Waals surface area contributed by atoms with Crippen LogP contribution in [0.25, 0.3) is 10.9 Å². The molecule has 0 saturated heterocycles. The van der Waals surface area contributed by atoms with Crippen molar-refractivity contribution in [2.45, 2.75) is 26.9 Å². The number of carbonyl (C=O) groups excluding carboxylic acids is 2. The molecule has 1 heterocycles. The van der Waals surface area contributed by atoms with E-state index in [1.165, 1.54) is 19.1 Å². The Labute approximate surface area is 166 Å². The minimum Gasteiger partial charge on any atom is -0.487 e. The number of nitro groups is 1. The fourth-order valence-corrected chi connectivity index (χ4v) is 3.14. The summed E-state index contributed by atoms with van der Waals surface area (Å²) in [7, 11) is 0. The molecule has 3 rings (SSSR count). The van der Waals surface area contributed by atoms with Crippen LogP contribution in [0.15, 0.2) is 42.5 Å². The molecule has 0 spiro atoms. The van der Waals surface area contributed by atoms with E-state index in [0.29, 0.717) is 11.3 Å². The van der Waals surface area contributed by atoms with Gasteiger partial charge in [-0.1, -0.05) is 18.2 Å². The zero-order valence-corrected chi connectivity index (χ0v) is 16.2. The standard InChI is InChI=1S/C21H20N2O6/c1-4-28-18-10-9-14(11-17(18)23(26)27)21(25)29-13(3)20(24)19-12(2)22-16-8-6-5-7-15(16)19/h5-11,13,22H,4H2,1-3H3. The van der Waals surface area contributed by atoms with Gasteiger partial charge in [0.2, 0.25) is 5.78 Å². The lowest BCUT2D eigenvalue weighted by molar-refractivity contribution is -0.385. The number of hydrogen-bond donors (Lipinski definition) is 1. The molecule has 0 bridgehead atoms. The number of esters is 1. The van der Waals surface area contributed by atoms with E-state index in [1.54, 1.807) is 13.8 Å². The number of para-hydroxylation sites is 1. The Hall–Kier alpha value is -3.68. The SMILES string of the molecule is CCOc1ccc(C(=O)OC(C)C(=O)c2c(C)[nH]c3ccccc23)cc1[N+](=O)[O-]. The second kappa shape index (κ2) is 8.14. The highest BCUT2D eigenvalue weighted by Gasteiger charge is 2.26. The third-order valence-corrected chi connectivity index (χ3v) is 4.48. The first-order valence-electron chi connectivity index (χ1n) is 9.07. The lowest BCUT2D eigenvalue weighted by Gasteiger charge is -2.13. The molecule has 0 aliphatic rings. The van der Waals surface area contributed by atoms with E-state index in [2.05, 4.69) is 4.98 Å². The van der Waals surface area contributed by atoms with Gasteiger partial charge in [-0.15, -0.1) is 0 Å². The summed E-state index contributed by atoms with van der Waals surface area (Å²) in [4.78, 5) is 39.1. The van der Waals surface area contributed by atoms with Gasteiger partial charge in [0.15, 0.2) is 11.9 Å². The number of nitrogens with zero attached hydrogens (tertiary/aromatic N) is 1. The van der Waals surface area contributed by atoms with E-state index >= 15 is 0 Å². The fourth-order valence-electron chi connectivity index (χ4n) is 3.14. The Kier molecular flexibility index (Phi) is 5.63. The van der Waals surface area contributed by atoms with E-state index in [-0.39, 0.29) is 29.4 Å². The summed E-state index contributed by atoms with van der Waals surface area (Å²) in [5.41, 5.74) is 1.58. The van der Waals surface area contributed by atoms with Crippen LogP contribution in [0.5, 0.6) is 5.75 Å². The maximum Gasteiger partial charge on any atom is 0.339 e. The number of nitrogens with one attached hydrogen (secondary N) is 1. The summed E-state index contributed by atoms with van der Waals surface area (Å²) < 4.78 is 10.5. The van der Waals surface area contributed by atoms with Crippen molar-refractivity contribution in [1.82, 2.24) is 4.98 Å². The largest absolute Gasteiger partial charge is 0.487 e. The molecule has 0 aliphatic heterocycles. The van der Waals surface area contributed by atoms with Crippen LogP contribution in [-0.2, 0) is 4.74 Å². The number of ether oxygens (including phenoxy) is 2. The molecule has 2 aromatic carbocycles. The van der Waals surface area contributed by atoms with E-state index in [4.69, 9.17) is 9.47 Å². The van der Waals surface area contributed by atoms with Crippen molar-refractivity contribution in [3.05, 3.63) is 69.4 Å². The molecule has 8 nitrogen and oxygen atoms in total. The number of benzene rings is 2. The number of hydrogen-bond acceptors (Lipinski definition) is 6. The molecule has 0 amide bonds. The number of nitro benzene ring substituents is 1. The summed E-state index contributed by atoms with van der Waals surface area (Å²) in [6.07, 6.45) is -1.06. The van der Waals surface area contributed by atoms with Crippen LogP contribution in [0, 0.1) is 17.0 Å². The van der Waals surface area contributed by atoms with Gasteiger partial charge in [-0.05, 0) is 39.0 Å². The van der Waals surface area contributed by atoms with E-state index in [1.807, 2.05) is 24.3 Å². The van der Waals surface area contributed by atoms with Gasteiger partial charge in [-0.25, -0.2) is 4.79 Å². The number of aromatic nitrogens is 1. The minimum atomic E-state index is -1.06. The second-order valence-electron chi connectivity index (χ2n) is 6.45. The topological polar surface area (TPSA) is 112 Å². The summed E-state index contributed by atoms with van der Waals surface area (Å²) in [5, 5.41) is 12.0. The van der Waals surface area contributed by atoms with Crippen LogP contribution in [0.1, 0.15) is 40.3 Å². The molecule has 0 radical (unpaired) electrons. The average Bonchev–Trinajstić information content (AvgIpc) is 3.03. The lowest BCUT2D eigenvalue weighted by Crippen LogP contribution is -2.25. The van der Waals surface area contributed by atoms with E-state index < -0.39 is 17.0 Å². The molecular weight excluding hydrogens is 376 g/mol. The number of H-pyrrole nitrogens is 1. The Morgan fingerprint density at radius 3 is 2.62 bits per heavy atom. The number of fused-ring (bicyclic) bond motifs is 1. The van der Waals surface area contributed by atoms with Gasteiger partial charge in [0.05, 0.1) is 17.1 Å². The molecule has 29 heavy (non-hydrogen) atoms. The fraction of sp³-hybridized carbons (Fsp3) is 0.238. The zero-order valence-electron chi connectivity index (χ0n) is 16.2. The van der Waals surface area contributed by atoms with Crippen molar-refractivity contribution < 1.29 is 24.0 Å². The molecule has 3 aromatic rings. The Bertz CT molecular complexity index is 1100. The minimum absolute atomic E-state index is 0.0320. The summed E-state index contributed by atoms with van der Waals surface area (Å²) in [6.45, 7) is 5.20. The summed E-state index contributed by atoms with van der Waals surface area (Å²) >= 11 is 0. The van der Waals surface area contributed by atoms with Gasteiger partial charge in [-0.3, -0.25) is 14.9 Å². The predicted molar refractivity (Wildman–Crippen MR) is 107 cm³/mol. The number of ketones is 1. The number of Topliss-reactive ketones (excluding diaryl/α,β-unsaturated/α-hetero) is 1. The molecule has 1 N–H and O–H groups in total. The van der Waals surface area contributed by atoms with Crippen molar-refractivity contribution >= 4 is 28.3 Å². The molecule has 1 unspecified atom stereocenters. The third kappa shape index (κ3) is 3.96. The first-order valence-corrected chi connectivity index (χ1v) is 9.07. The molecule has 0 aliphatic carbocycles. The maximum atomic E-state index is 12.9. The van der Waals surface area contributed by atoms with Crippen molar-refractivity contribution in [1.29, 1.82) is 0 Å². The maximum absolute atomic E-state index is 12.9. The average molecular weight is 396 g/mol. The Balaban J connectivity index is 1.83. The summed E-state index contributed by atoms with van der Waals surface area (Å²) in [5.74, 6) is -1.11. The zero-order chi connectivity index (χ0) is 21.1. The normalized spacial score (nSPS) is 11.8. The van der Waals surface area contributed by atoms with Crippen molar-refractivity contribution in [2.24, 2.45) is 0 Å². The first-order chi connectivity index (χ1) is 13.8. The third-order valence-electron chi connectivity index (χ3n) is 4.48. The number of aryl methyl sites for hydroxylation is 1. The van der Waals surface area contributed by atoms with Crippen molar-refractivity contribution in [3.63, 3.8) is 0 Å². The van der Waals surface area contributed by atoms with Gasteiger partial charge in [0.1, 0.15) is 0 Å². The van der Waals surface area contributed by atoms with Crippen LogP contribution in [0.3, 0.4) is 0 Å². The van der Waals surface area contributed by atoms with Gasteiger partial charge in [0, 0.05) is 28.2 Å². The van der Waals surface area contributed by atoms with Crippen LogP contribution < -0.4 is 4.74 Å². The monoisotopic (exact) mass is 396 g/mol. The molecule has 150 valence electrons. The molecule has 1 atom stereocenters. The van der Waals surface area contributed by atoms with Crippen LogP contribution in [0.2, 0.25) is 0 Å². The van der Waals surface area contributed by atoms with Crippen LogP contribution in [0.4, 0.5) is 5.69 Å². The van der Waals surface area contributed by atoms with E-state index in [0.717, 1.165) is 17.0 Å². The molecule has 0 saturated carbocycles. The molecular formula is C21H20N2O6. The van der Waals surface area contributed by atoms with Gasteiger partial charge in [0.25, 0.3) is 0 Å². The van der Waals surface area contributed by atoms with Crippen molar-refractivity contribution in [3.8, 4) is 5.75 Å². The molecule has 8 heteroatoms. The Morgan fingerprint density at radius 2 is 1.93 bits per heavy atom. The molecule has 1 aromatic heterocycles. The highest BCUT2D eigenvalue weighted by atomic mass is 16.6. The summed E-state index contributed by atoms with van der Waals surface area (Å²) in [6, 6.07) is 11.1. The second-order valence-corrected chi connectivity index (χ2v) is 6.45. The van der Waals surface area contributed by atoms with Gasteiger partial charge in [-0.2, -0.15) is 0 Å². The van der Waals surface area contributed by atoms with E-state index in [9.17, 15) is 19.7 Å². The lowest BCUT2D eigenvalue weighted by atomic mass is 10.0. The number of rotatable bonds is 7. The van der Waals surface area contributed by atoms with Gasteiger partial charge < -0.3 is 14.5 Å². The van der Waals surface area contributed by atoms with Crippen LogP contribution >= 0.6 is 0 Å². The Morgan fingerprint density at radius 1 is 1.21 bits per heavy atom.